The SMILES string of the molecule is Cc1nnc(NC(=O)[C@H](Cc2ccccc2)N2C(=O)[C@@H]3[C@@H](C2=O)[C@H]2C=C[C@H]3C2)s1. The maximum atomic E-state index is 13.2. The Morgan fingerprint density at radius 1 is 1.14 bits per heavy atom. The van der Waals surface area contributed by atoms with Crippen LogP contribution < -0.4 is 5.32 Å². The summed E-state index contributed by atoms with van der Waals surface area (Å²) in [5, 5.41) is 11.7. The van der Waals surface area contributed by atoms with Crippen molar-refractivity contribution in [2.45, 2.75) is 25.8 Å². The fourth-order valence-corrected chi connectivity index (χ4v) is 5.50. The zero-order valence-electron chi connectivity index (χ0n) is 15.8. The standard InChI is InChI=1S/C21H20N4O3S/c1-11-23-24-21(29-11)22-18(26)15(9-12-5-3-2-4-6-12)25-19(27)16-13-7-8-14(10-13)17(16)20(25)28/h2-8,13-17H,9-10H2,1H3,(H,22,24,26)/t13-,14-,15-,16-,17-/m0/s1. The van der Waals surface area contributed by atoms with Gasteiger partial charge in [-0.1, -0.05) is 53.8 Å². The minimum absolute atomic E-state index is 0.109. The van der Waals surface area contributed by atoms with Gasteiger partial charge >= 0.3 is 0 Å². The second-order valence-corrected chi connectivity index (χ2v) is 9.05. The van der Waals surface area contributed by atoms with E-state index in [-0.39, 0.29) is 41.9 Å². The summed E-state index contributed by atoms with van der Waals surface area (Å²) in [6.45, 7) is 1.80. The van der Waals surface area contributed by atoms with Crippen LogP contribution in [0, 0.1) is 30.6 Å². The van der Waals surface area contributed by atoms with E-state index in [1.807, 2.05) is 30.3 Å². The quantitative estimate of drug-likeness (QED) is 0.605. The normalized spacial score (nSPS) is 28.1. The maximum Gasteiger partial charge on any atom is 0.249 e. The molecule has 1 aromatic heterocycles. The maximum absolute atomic E-state index is 13.2. The van der Waals surface area contributed by atoms with Crippen molar-refractivity contribution in [3.05, 3.63) is 53.1 Å². The Morgan fingerprint density at radius 3 is 2.38 bits per heavy atom. The van der Waals surface area contributed by atoms with Gasteiger partial charge in [-0.3, -0.25) is 24.6 Å². The molecule has 5 atom stereocenters. The van der Waals surface area contributed by atoms with Gasteiger partial charge in [-0.15, -0.1) is 10.2 Å². The molecule has 2 aliphatic carbocycles. The Morgan fingerprint density at radius 2 is 1.79 bits per heavy atom. The summed E-state index contributed by atoms with van der Waals surface area (Å²) in [4.78, 5) is 40.9. The molecule has 0 spiro atoms. The largest absolute Gasteiger partial charge is 0.299 e. The lowest BCUT2D eigenvalue weighted by atomic mass is 9.85. The topological polar surface area (TPSA) is 92.3 Å². The van der Waals surface area contributed by atoms with E-state index >= 15 is 0 Å². The van der Waals surface area contributed by atoms with Crippen LogP contribution in [0.4, 0.5) is 5.13 Å². The van der Waals surface area contributed by atoms with E-state index in [1.165, 1.54) is 16.2 Å². The number of nitrogens with zero attached hydrogens (tertiary/aromatic N) is 3. The Labute approximate surface area is 171 Å². The fraction of sp³-hybridized carbons (Fsp3) is 0.381. The molecule has 7 nitrogen and oxygen atoms in total. The minimum Gasteiger partial charge on any atom is -0.299 e. The molecule has 0 radical (unpaired) electrons. The Hall–Kier alpha value is -2.87. The number of fused-ring (bicyclic) bond motifs is 5. The zero-order valence-corrected chi connectivity index (χ0v) is 16.6. The number of allylic oxidation sites excluding steroid dienone is 2. The van der Waals surface area contributed by atoms with E-state index in [0.717, 1.165) is 17.0 Å². The second kappa shape index (κ2) is 6.88. The molecule has 3 aliphatic rings. The first kappa shape index (κ1) is 18.2. The van der Waals surface area contributed by atoms with E-state index < -0.39 is 11.9 Å². The molecule has 8 heteroatoms. The van der Waals surface area contributed by atoms with Gasteiger partial charge in [0, 0.05) is 6.42 Å². The lowest BCUT2D eigenvalue weighted by Gasteiger charge is -2.26. The van der Waals surface area contributed by atoms with Gasteiger partial charge in [0.15, 0.2) is 0 Å². The molecule has 148 valence electrons. The average Bonchev–Trinajstić information content (AvgIpc) is 3.47. The van der Waals surface area contributed by atoms with E-state index in [0.29, 0.717) is 5.13 Å². The number of rotatable bonds is 5. The van der Waals surface area contributed by atoms with Crippen LogP contribution in [0.25, 0.3) is 0 Å². The van der Waals surface area contributed by atoms with Crippen LogP contribution in [0.2, 0.25) is 0 Å². The average molecular weight is 408 g/mol. The third-order valence-corrected chi connectivity index (χ3v) is 6.90. The first-order valence-electron chi connectivity index (χ1n) is 9.73. The summed E-state index contributed by atoms with van der Waals surface area (Å²) in [7, 11) is 0. The number of likely N-dealkylation sites (tertiary alicyclic amines) is 1. The van der Waals surface area contributed by atoms with Crippen LogP contribution in [0.1, 0.15) is 17.0 Å². The third-order valence-electron chi connectivity index (χ3n) is 6.15. The van der Waals surface area contributed by atoms with Crippen molar-refractivity contribution in [1.82, 2.24) is 15.1 Å². The number of anilines is 1. The summed E-state index contributed by atoms with van der Waals surface area (Å²) in [6.07, 6.45) is 5.23. The predicted octanol–water partition coefficient (Wildman–Crippen LogP) is 2.20. The smallest absolute Gasteiger partial charge is 0.249 e. The second-order valence-electron chi connectivity index (χ2n) is 7.87. The lowest BCUT2D eigenvalue weighted by molar-refractivity contribution is -0.147. The van der Waals surface area contributed by atoms with Gasteiger partial charge in [-0.25, -0.2) is 0 Å². The number of aromatic nitrogens is 2. The number of nitrogens with one attached hydrogen (secondary N) is 1. The van der Waals surface area contributed by atoms with Crippen molar-refractivity contribution in [1.29, 1.82) is 0 Å². The van der Waals surface area contributed by atoms with Crippen LogP contribution in [0.15, 0.2) is 42.5 Å². The van der Waals surface area contributed by atoms with Crippen molar-refractivity contribution in [3.8, 4) is 0 Å². The highest BCUT2D eigenvalue weighted by Gasteiger charge is 2.61. The molecule has 5 rings (SSSR count). The molecule has 2 bridgehead atoms. The van der Waals surface area contributed by atoms with Gasteiger partial charge in [0.2, 0.25) is 22.9 Å². The molecule has 29 heavy (non-hydrogen) atoms. The first-order valence-corrected chi connectivity index (χ1v) is 10.5. The van der Waals surface area contributed by atoms with Crippen LogP contribution in [-0.4, -0.2) is 38.9 Å². The molecule has 1 N–H and O–H groups in total. The Balaban J connectivity index is 1.46. The lowest BCUT2D eigenvalue weighted by Crippen LogP contribution is -2.49. The molecule has 1 aliphatic heterocycles. The Bertz CT molecular complexity index is 988. The van der Waals surface area contributed by atoms with Crippen molar-refractivity contribution in [2.75, 3.05) is 5.32 Å². The van der Waals surface area contributed by atoms with Crippen molar-refractivity contribution < 1.29 is 14.4 Å². The summed E-state index contributed by atoms with van der Waals surface area (Å²) in [6, 6.07) is 8.53. The third kappa shape index (κ3) is 2.98. The van der Waals surface area contributed by atoms with Crippen LogP contribution in [-0.2, 0) is 20.8 Å². The number of imide groups is 1. The van der Waals surface area contributed by atoms with Crippen LogP contribution in [0.3, 0.4) is 0 Å². The summed E-state index contributed by atoms with van der Waals surface area (Å²) >= 11 is 1.26. The summed E-state index contributed by atoms with van der Waals surface area (Å²) in [5.74, 6) is -1.29. The van der Waals surface area contributed by atoms with E-state index in [2.05, 4.69) is 27.7 Å². The van der Waals surface area contributed by atoms with Gasteiger partial charge in [-0.2, -0.15) is 0 Å². The summed E-state index contributed by atoms with van der Waals surface area (Å²) in [5.41, 5.74) is 0.889. The molecule has 2 aromatic rings. The number of carbonyl (C=O) groups excluding carboxylic acids is 3. The van der Waals surface area contributed by atoms with Gasteiger partial charge in [0.05, 0.1) is 11.8 Å². The zero-order chi connectivity index (χ0) is 20.1. The molecule has 0 unspecified atom stereocenters. The highest BCUT2D eigenvalue weighted by atomic mass is 32.1. The highest BCUT2D eigenvalue weighted by Crippen LogP contribution is 2.53. The molecule has 2 heterocycles. The number of amides is 3. The number of aryl methyl sites for hydroxylation is 1. The predicted molar refractivity (Wildman–Crippen MR) is 107 cm³/mol. The van der Waals surface area contributed by atoms with Crippen LogP contribution >= 0.6 is 11.3 Å². The molecular formula is C21H20N4O3S. The molecule has 1 aromatic carbocycles. The van der Waals surface area contributed by atoms with Gasteiger partial charge in [0.1, 0.15) is 11.0 Å². The molecular weight excluding hydrogens is 388 g/mol. The minimum atomic E-state index is -0.911. The molecule has 1 saturated heterocycles. The van der Waals surface area contributed by atoms with E-state index in [1.54, 1.807) is 6.92 Å². The number of carbonyl (C=O) groups is 3. The summed E-state index contributed by atoms with van der Waals surface area (Å²) < 4.78 is 0. The first-order chi connectivity index (χ1) is 14.0. The monoisotopic (exact) mass is 408 g/mol. The molecule has 1 saturated carbocycles. The van der Waals surface area contributed by atoms with Crippen molar-refractivity contribution in [3.63, 3.8) is 0 Å². The number of hydrogen-bond donors (Lipinski definition) is 1. The van der Waals surface area contributed by atoms with Crippen LogP contribution in [0.5, 0.6) is 0 Å². The molecule has 3 amide bonds. The van der Waals surface area contributed by atoms with E-state index in [9.17, 15) is 14.4 Å². The fourth-order valence-electron chi connectivity index (χ4n) is 4.91. The Kier molecular flexibility index (Phi) is 4.31. The van der Waals surface area contributed by atoms with Gasteiger partial charge < -0.3 is 0 Å². The van der Waals surface area contributed by atoms with Gasteiger partial charge in [-0.05, 0) is 30.7 Å². The molecule has 2 fully saturated rings. The number of benzene rings is 1. The number of hydrogen-bond acceptors (Lipinski definition) is 6. The highest BCUT2D eigenvalue weighted by molar-refractivity contribution is 7.15. The van der Waals surface area contributed by atoms with Crippen molar-refractivity contribution in [2.24, 2.45) is 23.7 Å². The van der Waals surface area contributed by atoms with Gasteiger partial charge in [0.25, 0.3) is 0 Å². The van der Waals surface area contributed by atoms with Crippen molar-refractivity contribution >= 4 is 34.2 Å². The van der Waals surface area contributed by atoms with E-state index in [4.69, 9.17) is 0 Å².